The van der Waals surface area contributed by atoms with E-state index in [2.05, 4.69) is 15.9 Å². The van der Waals surface area contributed by atoms with Gasteiger partial charge >= 0.3 is 79.9 Å². The van der Waals surface area contributed by atoms with Crippen LogP contribution in [-0.2, 0) is 0 Å². The summed E-state index contributed by atoms with van der Waals surface area (Å²) in [4.78, 5) is 0. The Morgan fingerprint density at radius 2 is 1.80 bits per heavy atom. The van der Waals surface area contributed by atoms with Gasteiger partial charge in [0.05, 0.1) is 0 Å². The average Bonchev–Trinajstić information content (AvgIpc) is 2.41. The zero-order chi connectivity index (χ0) is 7.23. The summed E-state index contributed by atoms with van der Waals surface area (Å²) in [7, 11) is 0. The molecular formula is C8H16BrTe+. The van der Waals surface area contributed by atoms with Crippen LogP contribution in [0.4, 0.5) is 0 Å². The number of unbranched alkanes of at least 4 members (excludes halogenated alkanes) is 1. The van der Waals surface area contributed by atoms with Crippen LogP contribution in [0.2, 0.25) is 13.4 Å². The molecule has 1 saturated heterocycles. The molecule has 2 heteroatoms. The van der Waals surface area contributed by atoms with E-state index in [9.17, 15) is 0 Å². The van der Waals surface area contributed by atoms with E-state index < -0.39 is 19.6 Å². The summed E-state index contributed by atoms with van der Waals surface area (Å²) in [6, 6.07) is 0. The van der Waals surface area contributed by atoms with E-state index in [1.807, 2.05) is 0 Å². The number of hydrogen-bond donors (Lipinski definition) is 0. The third-order valence-electron chi connectivity index (χ3n) is 1.93. The molecule has 0 N–H and O–H groups in total. The van der Waals surface area contributed by atoms with E-state index in [-0.39, 0.29) is 0 Å². The SMILES string of the molecule is BrCCCC[Te+]1CCCC1. The van der Waals surface area contributed by atoms with Crippen LogP contribution < -0.4 is 0 Å². The second-order valence-electron chi connectivity index (χ2n) is 2.83. The van der Waals surface area contributed by atoms with Gasteiger partial charge in [-0.1, -0.05) is 0 Å². The summed E-state index contributed by atoms with van der Waals surface area (Å²) in [6.07, 6.45) is 6.08. The molecule has 1 aliphatic rings. The number of rotatable bonds is 4. The van der Waals surface area contributed by atoms with Crippen LogP contribution in [0.25, 0.3) is 0 Å². The first-order valence-corrected chi connectivity index (χ1v) is 10.2. The van der Waals surface area contributed by atoms with Crippen molar-refractivity contribution in [2.45, 2.75) is 39.1 Å². The van der Waals surface area contributed by atoms with Gasteiger partial charge in [-0.25, -0.2) is 0 Å². The van der Waals surface area contributed by atoms with Crippen LogP contribution in [0.1, 0.15) is 25.7 Å². The minimum absolute atomic E-state index is 0.409. The fourth-order valence-corrected chi connectivity index (χ4v) is 8.71. The van der Waals surface area contributed by atoms with Crippen molar-refractivity contribution in [2.24, 2.45) is 0 Å². The molecule has 0 saturated carbocycles. The van der Waals surface area contributed by atoms with E-state index in [0.29, 0.717) is 0 Å². The van der Waals surface area contributed by atoms with Crippen molar-refractivity contribution in [3.63, 3.8) is 0 Å². The van der Waals surface area contributed by atoms with Crippen molar-refractivity contribution in [1.82, 2.24) is 0 Å². The van der Waals surface area contributed by atoms with Gasteiger partial charge in [-0.3, -0.25) is 0 Å². The van der Waals surface area contributed by atoms with Crippen LogP contribution in [0.15, 0.2) is 0 Å². The molecular weight excluding hydrogens is 304 g/mol. The molecule has 0 aromatic carbocycles. The van der Waals surface area contributed by atoms with Crippen molar-refractivity contribution in [3.8, 4) is 0 Å². The Labute approximate surface area is 79.5 Å². The van der Waals surface area contributed by atoms with Gasteiger partial charge in [0.1, 0.15) is 0 Å². The van der Waals surface area contributed by atoms with E-state index in [0.717, 1.165) is 0 Å². The molecule has 0 aromatic rings. The Morgan fingerprint density at radius 3 is 2.40 bits per heavy atom. The predicted octanol–water partition coefficient (Wildman–Crippen LogP) is 3.45. The minimum atomic E-state index is -0.409. The number of halogens is 1. The topological polar surface area (TPSA) is 0 Å². The van der Waals surface area contributed by atoms with E-state index >= 15 is 0 Å². The third kappa shape index (κ3) is 3.60. The standard InChI is InChI=1S/C8H16BrTe/c9-5-1-2-6-10-7-3-4-8-10/h1-8H2/q+1. The molecule has 1 rings (SSSR count). The molecule has 0 aliphatic carbocycles. The molecule has 0 amide bonds. The van der Waals surface area contributed by atoms with Gasteiger partial charge in [0.15, 0.2) is 0 Å². The van der Waals surface area contributed by atoms with E-state index in [1.165, 1.54) is 18.2 Å². The first kappa shape index (κ1) is 9.36. The summed E-state index contributed by atoms with van der Waals surface area (Å²) < 4.78 is 5.03. The maximum absolute atomic E-state index is 3.48. The van der Waals surface area contributed by atoms with Crippen molar-refractivity contribution in [1.29, 1.82) is 0 Å². The van der Waals surface area contributed by atoms with Gasteiger partial charge in [-0.2, -0.15) is 0 Å². The van der Waals surface area contributed by atoms with Crippen LogP contribution in [0.5, 0.6) is 0 Å². The monoisotopic (exact) mass is 321 g/mol. The average molecular weight is 320 g/mol. The van der Waals surface area contributed by atoms with Crippen molar-refractivity contribution < 1.29 is 0 Å². The normalized spacial score (nSPS) is 20.1. The molecule has 0 bridgehead atoms. The maximum atomic E-state index is 3.48. The molecule has 60 valence electrons. The van der Waals surface area contributed by atoms with Gasteiger partial charge in [0, 0.05) is 0 Å². The van der Waals surface area contributed by atoms with Crippen molar-refractivity contribution in [2.75, 3.05) is 5.33 Å². The summed E-state index contributed by atoms with van der Waals surface area (Å²) in [5.41, 5.74) is 0. The molecule has 0 unspecified atom stereocenters. The first-order chi connectivity index (χ1) is 4.93. The third-order valence-corrected chi connectivity index (χ3v) is 9.91. The molecule has 1 fully saturated rings. The summed E-state index contributed by atoms with van der Waals surface area (Å²) in [5.74, 6) is 0. The molecule has 10 heavy (non-hydrogen) atoms. The molecule has 0 aromatic heterocycles. The van der Waals surface area contributed by atoms with Crippen LogP contribution in [0, 0.1) is 0 Å². The molecule has 0 atom stereocenters. The van der Waals surface area contributed by atoms with Crippen LogP contribution >= 0.6 is 15.9 Å². The van der Waals surface area contributed by atoms with Gasteiger partial charge < -0.3 is 0 Å². The molecule has 0 spiro atoms. The summed E-state index contributed by atoms with van der Waals surface area (Å²) >= 11 is 3.07. The van der Waals surface area contributed by atoms with Crippen molar-refractivity contribution >= 4 is 35.5 Å². The Hall–Kier alpha value is 1.27. The summed E-state index contributed by atoms with van der Waals surface area (Å²) in [6.45, 7) is 0. The fourth-order valence-electron chi connectivity index (χ4n) is 1.32. The van der Waals surface area contributed by atoms with Crippen molar-refractivity contribution in [3.05, 3.63) is 0 Å². The summed E-state index contributed by atoms with van der Waals surface area (Å²) in [5, 5.41) is 1.22. The Morgan fingerprint density at radius 1 is 1.10 bits per heavy atom. The Balaban J connectivity index is 1.91. The second-order valence-corrected chi connectivity index (χ2v) is 10.6. The van der Waals surface area contributed by atoms with Gasteiger partial charge in [-0.05, 0) is 0 Å². The van der Waals surface area contributed by atoms with E-state index in [4.69, 9.17) is 0 Å². The molecule has 1 aliphatic heterocycles. The zero-order valence-corrected chi connectivity index (χ0v) is 10.4. The molecule has 0 radical (unpaired) electrons. The van der Waals surface area contributed by atoms with Crippen LogP contribution in [-0.4, -0.2) is 24.9 Å². The van der Waals surface area contributed by atoms with E-state index in [1.54, 1.807) is 26.2 Å². The quantitative estimate of drug-likeness (QED) is 0.423. The van der Waals surface area contributed by atoms with Gasteiger partial charge in [0.2, 0.25) is 0 Å². The Bertz CT molecular complexity index is 79.3. The Kier molecular flexibility index (Phi) is 5.49. The molecule has 1 heterocycles. The number of hydrogen-bond acceptors (Lipinski definition) is 0. The number of alkyl halides is 1. The molecule has 0 nitrogen and oxygen atoms in total. The second kappa shape index (κ2) is 5.86. The fraction of sp³-hybridized carbons (Fsp3) is 1.00. The first-order valence-electron chi connectivity index (χ1n) is 4.13. The van der Waals surface area contributed by atoms with Gasteiger partial charge in [-0.15, -0.1) is 0 Å². The van der Waals surface area contributed by atoms with Crippen LogP contribution in [0.3, 0.4) is 0 Å². The van der Waals surface area contributed by atoms with Gasteiger partial charge in [0.25, 0.3) is 0 Å². The predicted molar refractivity (Wildman–Crippen MR) is 52.4 cm³/mol. The zero-order valence-electron chi connectivity index (χ0n) is 6.44.